The fourth-order valence-electron chi connectivity index (χ4n) is 7.44. The van der Waals surface area contributed by atoms with Crippen LogP contribution in [0.5, 0.6) is 6.01 Å². The van der Waals surface area contributed by atoms with E-state index in [1.165, 1.54) is 12.2 Å². The molecule has 5 heterocycles. The fourth-order valence-corrected chi connectivity index (χ4v) is 8.93. The smallest absolute Gasteiger partial charge is 0.319 e. The summed E-state index contributed by atoms with van der Waals surface area (Å²) in [6.45, 7) is 2.43. The molecule has 3 fully saturated rings. The lowest BCUT2D eigenvalue weighted by atomic mass is 9.81. The van der Waals surface area contributed by atoms with E-state index in [2.05, 4.69) is 26.3 Å². The zero-order valence-electron chi connectivity index (χ0n) is 24.2. The number of allylic oxidation sites excluding steroid dienone is 4. The van der Waals surface area contributed by atoms with Gasteiger partial charge in [0.1, 0.15) is 29.9 Å². The molecule has 1 aliphatic carbocycles. The molecule has 0 saturated carbocycles. The van der Waals surface area contributed by atoms with Gasteiger partial charge < -0.3 is 20.7 Å². The molecule has 4 atom stereocenters. The molecule has 1 aromatic carbocycles. The molecule has 2 aromatic rings. The predicted octanol–water partition coefficient (Wildman–Crippen LogP) is 5.09. The van der Waals surface area contributed by atoms with Crippen LogP contribution in [-0.4, -0.2) is 82.0 Å². The maximum absolute atomic E-state index is 16.8. The first kappa shape index (κ1) is 30.2. The lowest BCUT2D eigenvalue weighted by molar-refractivity contribution is -0.118. The van der Waals surface area contributed by atoms with Gasteiger partial charge in [0.05, 0.1) is 32.5 Å². The van der Waals surface area contributed by atoms with Gasteiger partial charge >= 0.3 is 6.01 Å². The Morgan fingerprint density at radius 2 is 2.07 bits per heavy atom. The van der Waals surface area contributed by atoms with Crippen molar-refractivity contribution in [1.82, 2.24) is 19.8 Å². The van der Waals surface area contributed by atoms with E-state index in [0.717, 1.165) is 37.6 Å². The second kappa shape index (κ2) is 11.7. The van der Waals surface area contributed by atoms with E-state index < -0.39 is 34.5 Å². The normalized spacial score (nSPS) is 28.5. The summed E-state index contributed by atoms with van der Waals surface area (Å²) in [4.78, 5) is 24.2. The summed E-state index contributed by atoms with van der Waals surface area (Å²) in [5, 5.41) is 13.0. The highest BCUT2D eigenvalue weighted by atomic mass is 35.5. The summed E-state index contributed by atoms with van der Waals surface area (Å²) in [5.74, 6) is -1.73. The average Bonchev–Trinajstić information content (AvgIpc) is 3.67. The lowest BCUT2D eigenvalue weighted by Crippen LogP contribution is -2.43. The monoisotopic (exact) mass is 657 g/mol. The van der Waals surface area contributed by atoms with E-state index in [-0.39, 0.29) is 45.4 Å². The number of amides is 1. The number of aromatic nitrogens is 2. The minimum Gasteiger partial charge on any atom is -0.461 e. The molecule has 0 radical (unpaired) electrons. The third-order valence-corrected chi connectivity index (χ3v) is 11.2. The van der Waals surface area contributed by atoms with Crippen LogP contribution < -0.4 is 15.8 Å². The minimum absolute atomic E-state index is 0.00233. The minimum atomic E-state index is -0.940. The highest BCUT2D eigenvalue weighted by molar-refractivity contribution is 8.04. The van der Waals surface area contributed by atoms with Crippen LogP contribution in [0.2, 0.25) is 5.02 Å². The maximum atomic E-state index is 16.8. The molecule has 9 nitrogen and oxygen atoms in total. The quantitative estimate of drug-likeness (QED) is 0.393. The average molecular weight is 658 g/mol. The van der Waals surface area contributed by atoms with Crippen molar-refractivity contribution in [1.29, 1.82) is 5.26 Å². The lowest BCUT2D eigenvalue weighted by Gasteiger charge is -2.31. The Labute approximate surface area is 267 Å². The van der Waals surface area contributed by atoms with Gasteiger partial charge in [0.15, 0.2) is 5.82 Å². The van der Waals surface area contributed by atoms with Gasteiger partial charge in [0, 0.05) is 49.0 Å². The number of fused-ring (bicyclic) bond motifs is 3. The van der Waals surface area contributed by atoms with Crippen molar-refractivity contribution in [2.45, 2.75) is 55.1 Å². The number of nitriles is 1. The number of hydrogen-bond acceptors (Lipinski definition) is 9. The third-order valence-electron chi connectivity index (χ3n) is 9.68. The zero-order chi connectivity index (χ0) is 31.5. The third kappa shape index (κ3) is 5.20. The second-order valence-electron chi connectivity index (χ2n) is 12.3. The molecule has 1 amide bonds. The Morgan fingerprint density at radius 1 is 1.27 bits per heavy atom. The largest absolute Gasteiger partial charge is 0.461 e. The molecule has 0 spiro atoms. The number of nitrogens with zero attached hydrogens (tertiary/aromatic N) is 5. The van der Waals surface area contributed by atoms with Crippen molar-refractivity contribution in [3.63, 3.8) is 0 Å². The van der Waals surface area contributed by atoms with E-state index in [1.54, 1.807) is 11.0 Å². The van der Waals surface area contributed by atoms with Gasteiger partial charge in [-0.25, -0.2) is 13.2 Å². The molecule has 1 aromatic heterocycles. The number of anilines is 1. The molecule has 5 aliphatic rings. The Bertz CT molecular complexity index is 1710. The number of carbonyl (C=O) groups is 1. The number of likely N-dealkylation sites (tertiary alicyclic amines) is 1. The van der Waals surface area contributed by atoms with E-state index in [4.69, 9.17) is 22.1 Å². The standard InChI is InChI=1S/C31H31ClF3N7O2S/c32-21-10-19-26(25(35)24(21)18-2-3-22(34)27-23(18)20(12-36)28(37)45-27)39-30(40-29(19)38-17-4-8-41(15-43)9-5-17)44-14-31-6-1-7-42(31)13-16(33)11-31/h2-3,10,15-17,23,27H,1,4-9,11,13-14,37H2,(H,38,39,40)/t16-,23?,27?,31+/m1/s1. The van der Waals surface area contributed by atoms with Gasteiger partial charge in [-0.1, -0.05) is 29.4 Å². The van der Waals surface area contributed by atoms with Gasteiger partial charge in [-0.2, -0.15) is 15.2 Å². The molecule has 45 heavy (non-hydrogen) atoms. The van der Waals surface area contributed by atoms with Crippen molar-refractivity contribution in [2.75, 3.05) is 38.1 Å². The molecule has 0 bridgehead atoms. The molecule has 7 rings (SSSR count). The highest BCUT2D eigenvalue weighted by Gasteiger charge is 2.49. The Kier molecular flexibility index (Phi) is 7.86. The summed E-state index contributed by atoms with van der Waals surface area (Å²) in [5.41, 5.74) is 6.04. The van der Waals surface area contributed by atoms with Crippen molar-refractivity contribution in [3.8, 4) is 12.1 Å². The highest BCUT2D eigenvalue weighted by Crippen LogP contribution is 2.53. The van der Waals surface area contributed by atoms with Crippen LogP contribution in [0.15, 0.2) is 34.6 Å². The maximum Gasteiger partial charge on any atom is 0.319 e. The summed E-state index contributed by atoms with van der Waals surface area (Å²) in [6, 6.07) is 3.51. The first-order valence-corrected chi connectivity index (χ1v) is 16.3. The van der Waals surface area contributed by atoms with Crippen molar-refractivity contribution < 1.29 is 22.7 Å². The molecule has 3 N–H and O–H groups in total. The summed E-state index contributed by atoms with van der Waals surface area (Å²) in [7, 11) is 0. The van der Waals surface area contributed by atoms with E-state index in [9.17, 15) is 18.8 Å². The Morgan fingerprint density at radius 3 is 2.82 bits per heavy atom. The zero-order valence-corrected chi connectivity index (χ0v) is 25.8. The number of thioether (sulfide) groups is 1. The van der Waals surface area contributed by atoms with Crippen molar-refractivity contribution >= 4 is 52.1 Å². The van der Waals surface area contributed by atoms with Crippen LogP contribution in [0.25, 0.3) is 16.5 Å². The first-order chi connectivity index (χ1) is 21.7. The van der Waals surface area contributed by atoms with Gasteiger partial charge in [-0.3, -0.25) is 9.69 Å². The van der Waals surface area contributed by atoms with Gasteiger partial charge in [-0.05, 0) is 49.9 Å². The fraction of sp³-hybridized carbons (Fsp3) is 0.484. The number of benzene rings is 1. The predicted molar refractivity (Wildman–Crippen MR) is 166 cm³/mol. The number of nitrogens with one attached hydrogen (secondary N) is 1. The number of nitrogens with two attached hydrogens (primary N) is 1. The van der Waals surface area contributed by atoms with Crippen LogP contribution in [0.3, 0.4) is 0 Å². The number of rotatable bonds is 7. The molecule has 2 unspecified atom stereocenters. The number of piperidine rings is 1. The number of ether oxygens (including phenoxy) is 1. The molecular weight excluding hydrogens is 627 g/mol. The topological polar surface area (TPSA) is 120 Å². The van der Waals surface area contributed by atoms with E-state index in [1.807, 2.05) is 0 Å². The summed E-state index contributed by atoms with van der Waals surface area (Å²) >= 11 is 7.81. The van der Waals surface area contributed by atoms with Crippen molar-refractivity contribution in [3.05, 3.63) is 51.1 Å². The van der Waals surface area contributed by atoms with Crippen LogP contribution in [0.4, 0.5) is 19.0 Å². The van der Waals surface area contributed by atoms with Crippen LogP contribution >= 0.6 is 23.4 Å². The van der Waals surface area contributed by atoms with Crippen LogP contribution in [0, 0.1) is 23.1 Å². The Balaban J connectivity index is 1.30. The number of alkyl halides is 1. The first-order valence-electron chi connectivity index (χ1n) is 15.0. The van der Waals surface area contributed by atoms with Crippen LogP contribution in [0.1, 0.15) is 37.7 Å². The summed E-state index contributed by atoms with van der Waals surface area (Å²) < 4.78 is 52.2. The number of halogens is 4. The van der Waals surface area contributed by atoms with E-state index in [0.29, 0.717) is 55.7 Å². The van der Waals surface area contributed by atoms with Gasteiger partial charge in [0.2, 0.25) is 6.41 Å². The number of hydrogen-bond donors (Lipinski definition) is 2. The Hall–Kier alpha value is -3.47. The van der Waals surface area contributed by atoms with Crippen molar-refractivity contribution in [2.24, 2.45) is 11.7 Å². The van der Waals surface area contributed by atoms with Gasteiger partial charge in [0.25, 0.3) is 0 Å². The number of carbonyl (C=O) groups excluding carboxylic acids is 1. The molecule has 236 valence electrons. The van der Waals surface area contributed by atoms with E-state index >= 15 is 4.39 Å². The molecule has 14 heteroatoms. The SMILES string of the molecule is N#CC1=C(N)SC2C(F)=CC=C(c3c(Cl)cc4c(NC5CCN(C=O)CC5)nc(OC[C@@]56CCCN5C[C@H](F)C6)nc4c3F)C12. The summed E-state index contributed by atoms with van der Waals surface area (Å²) in [6.07, 6.45) is 5.94. The molecule has 3 saturated heterocycles. The molecule has 4 aliphatic heterocycles. The second-order valence-corrected chi connectivity index (χ2v) is 13.9. The van der Waals surface area contributed by atoms with Gasteiger partial charge in [-0.15, -0.1) is 0 Å². The molecular formula is C31H31ClF3N7O2S. The van der Waals surface area contributed by atoms with Crippen LogP contribution in [-0.2, 0) is 4.79 Å².